The van der Waals surface area contributed by atoms with Crippen LogP contribution in [0.5, 0.6) is 5.75 Å². The summed E-state index contributed by atoms with van der Waals surface area (Å²) in [6.07, 6.45) is 1.69. The van der Waals surface area contributed by atoms with E-state index in [-0.39, 0.29) is 11.3 Å². The number of phenolic OH excluding ortho intramolecular Hbond substituents is 1. The Kier molecular flexibility index (Phi) is 1.65. The fraction of sp³-hybridized carbons (Fsp3) is 0.273. The van der Waals surface area contributed by atoms with Crippen LogP contribution in [0.15, 0.2) is 23.0 Å². The van der Waals surface area contributed by atoms with Crippen LogP contribution in [0.1, 0.15) is 18.7 Å². The average molecular weight is 217 g/mol. The monoisotopic (exact) mass is 217 g/mol. The number of aromatic hydroxyl groups is 1. The van der Waals surface area contributed by atoms with Crippen LogP contribution >= 0.6 is 0 Å². The van der Waals surface area contributed by atoms with E-state index in [1.807, 2.05) is 0 Å². The third-order valence-corrected chi connectivity index (χ3v) is 2.95. The van der Waals surface area contributed by atoms with Crippen molar-refractivity contribution in [2.45, 2.75) is 18.4 Å². The fourth-order valence-corrected chi connectivity index (χ4v) is 1.73. The van der Waals surface area contributed by atoms with Gasteiger partial charge in [-0.3, -0.25) is 4.79 Å². The molecule has 1 fully saturated rings. The maximum Gasteiger partial charge on any atom is 0.258 e. The summed E-state index contributed by atoms with van der Waals surface area (Å²) in [4.78, 5) is 18.8. The SMILES string of the molecule is NC1(c2nc3ccc(O)cc3c(=O)[nH]2)CC1. The summed E-state index contributed by atoms with van der Waals surface area (Å²) < 4.78 is 0. The van der Waals surface area contributed by atoms with Gasteiger partial charge in [-0.2, -0.15) is 0 Å². The maximum absolute atomic E-state index is 11.8. The van der Waals surface area contributed by atoms with Gasteiger partial charge in [0.2, 0.25) is 0 Å². The standard InChI is InChI=1S/C11H11N3O2/c12-11(3-4-11)10-13-8-2-1-6(15)5-7(8)9(16)14-10/h1-2,5,15H,3-4,12H2,(H,13,14,16). The van der Waals surface area contributed by atoms with Crippen LogP contribution in [-0.4, -0.2) is 15.1 Å². The van der Waals surface area contributed by atoms with Crippen LogP contribution in [0.2, 0.25) is 0 Å². The summed E-state index contributed by atoms with van der Waals surface area (Å²) in [5.41, 5.74) is 5.83. The number of rotatable bonds is 1. The third kappa shape index (κ3) is 1.29. The van der Waals surface area contributed by atoms with Crippen LogP contribution in [0.4, 0.5) is 0 Å². The number of nitrogens with one attached hydrogen (secondary N) is 1. The Morgan fingerprint density at radius 1 is 1.44 bits per heavy atom. The van der Waals surface area contributed by atoms with Gasteiger partial charge in [-0.1, -0.05) is 0 Å². The lowest BCUT2D eigenvalue weighted by Crippen LogP contribution is -2.26. The lowest BCUT2D eigenvalue weighted by Gasteiger charge is -2.08. The predicted octanol–water partition coefficient (Wildman–Crippen LogP) is 0.577. The second-order valence-corrected chi connectivity index (χ2v) is 4.27. The molecule has 1 aliphatic rings. The molecule has 1 saturated carbocycles. The van der Waals surface area contributed by atoms with Gasteiger partial charge in [0.1, 0.15) is 11.6 Å². The average Bonchev–Trinajstić information content (AvgIpc) is 2.99. The normalized spacial score (nSPS) is 17.6. The number of fused-ring (bicyclic) bond motifs is 1. The molecule has 16 heavy (non-hydrogen) atoms. The molecule has 0 spiro atoms. The molecule has 5 nitrogen and oxygen atoms in total. The molecule has 0 bridgehead atoms. The largest absolute Gasteiger partial charge is 0.508 e. The molecular weight excluding hydrogens is 206 g/mol. The van der Waals surface area contributed by atoms with Gasteiger partial charge in [-0.25, -0.2) is 4.98 Å². The number of hydrogen-bond acceptors (Lipinski definition) is 4. The second-order valence-electron chi connectivity index (χ2n) is 4.27. The first kappa shape index (κ1) is 9.35. The molecule has 1 aliphatic carbocycles. The van der Waals surface area contributed by atoms with E-state index in [4.69, 9.17) is 5.73 Å². The molecule has 1 aromatic heterocycles. The van der Waals surface area contributed by atoms with E-state index in [9.17, 15) is 9.90 Å². The Hall–Kier alpha value is -1.88. The second kappa shape index (κ2) is 2.82. The van der Waals surface area contributed by atoms with E-state index < -0.39 is 5.54 Å². The van der Waals surface area contributed by atoms with Crippen LogP contribution in [0, 0.1) is 0 Å². The zero-order valence-corrected chi connectivity index (χ0v) is 8.53. The number of benzene rings is 1. The van der Waals surface area contributed by atoms with Crippen molar-refractivity contribution in [1.82, 2.24) is 9.97 Å². The fourth-order valence-electron chi connectivity index (χ4n) is 1.73. The number of nitrogens with zero attached hydrogens (tertiary/aromatic N) is 1. The number of aromatic amines is 1. The highest BCUT2D eigenvalue weighted by Gasteiger charge is 2.42. The van der Waals surface area contributed by atoms with Crippen molar-refractivity contribution >= 4 is 10.9 Å². The van der Waals surface area contributed by atoms with Gasteiger partial charge >= 0.3 is 0 Å². The summed E-state index contributed by atoms with van der Waals surface area (Å²) in [5.74, 6) is 0.595. The molecule has 3 rings (SSSR count). The van der Waals surface area contributed by atoms with Crippen molar-refractivity contribution in [3.8, 4) is 5.75 Å². The van der Waals surface area contributed by atoms with E-state index in [2.05, 4.69) is 9.97 Å². The molecule has 0 atom stereocenters. The number of H-pyrrole nitrogens is 1. The summed E-state index contributed by atoms with van der Waals surface area (Å²) in [6.45, 7) is 0. The zero-order valence-electron chi connectivity index (χ0n) is 8.53. The lowest BCUT2D eigenvalue weighted by molar-refractivity contribution is 0.476. The van der Waals surface area contributed by atoms with E-state index in [1.54, 1.807) is 6.07 Å². The summed E-state index contributed by atoms with van der Waals surface area (Å²) in [6, 6.07) is 4.53. The minimum Gasteiger partial charge on any atom is -0.508 e. The first-order valence-corrected chi connectivity index (χ1v) is 5.11. The first-order valence-electron chi connectivity index (χ1n) is 5.11. The molecule has 0 saturated heterocycles. The molecular formula is C11H11N3O2. The van der Waals surface area contributed by atoms with Gasteiger partial charge in [0.25, 0.3) is 5.56 Å². The Balaban J connectivity index is 2.31. The highest BCUT2D eigenvalue weighted by atomic mass is 16.3. The van der Waals surface area contributed by atoms with E-state index in [0.29, 0.717) is 16.7 Å². The lowest BCUT2D eigenvalue weighted by atomic mass is 10.2. The Labute approximate surface area is 90.9 Å². The Morgan fingerprint density at radius 2 is 2.19 bits per heavy atom. The highest BCUT2D eigenvalue weighted by molar-refractivity contribution is 5.79. The highest BCUT2D eigenvalue weighted by Crippen LogP contribution is 2.40. The van der Waals surface area contributed by atoms with Crippen LogP contribution in [0.3, 0.4) is 0 Å². The summed E-state index contributed by atoms with van der Waals surface area (Å²) >= 11 is 0. The predicted molar refractivity (Wildman–Crippen MR) is 59.1 cm³/mol. The molecule has 0 unspecified atom stereocenters. The van der Waals surface area contributed by atoms with Crippen LogP contribution in [-0.2, 0) is 5.54 Å². The molecule has 0 amide bonds. The molecule has 1 heterocycles. The molecule has 1 aromatic carbocycles. The van der Waals surface area contributed by atoms with E-state index >= 15 is 0 Å². The molecule has 2 aromatic rings. The van der Waals surface area contributed by atoms with Gasteiger partial charge < -0.3 is 15.8 Å². The smallest absolute Gasteiger partial charge is 0.258 e. The van der Waals surface area contributed by atoms with Gasteiger partial charge in [0.15, 0.2) is 0 Å². The minimum atomic E-state index is -0.453. The number of nitrogens with two attached hydrogens (primary N) is 1. The van der Waals surface area contributed by atoms with E-state index in [0.717, 1.165) is 12.8 Å². The third-order valence-electron chi connectivity index (χ3n) is 2.95. The number of hydrogen-bond donors (Lipinski definition) is 3. The molecule has 4 N–H and O–H groups in total. The maximum atomic E-state index is 11.8. The Bertz CT molecular complexity index is 629. The quantitative estimate of drug-likeness (QED) is 0.651. The van der Waals surface area contributed by atoms with Gasteiger partial charge in [0.05, 0.1) is 16.4 Å². The van der Waals surface area contributed by atoms with Crippen molar-refractivity contribution in [3.63, 3.8) is 0 Å². The number of phenols is 1. The van der Waals surface area contributed by atoms with Crippen molar-refractivity contribution in [1.29, 1.82) is 0 Å². The molecule has 0 aliphatic heterocycles. The molecule has 82 valence electrons. The van der Waals surface area contributed by atoms with Crippen molar-refractivity contribution in [2.24, 2.45) is 5.73 Å². The molecule has 0 radical (unpaired) electrons. The van der Waals surface area contributed by atoms with Crippen molar-refractivity contribution in [2.75, 3.05) is 0 Å². The van der Waals surface area contributed by atoms with Gasteiger partial charge in [-0.15, -0.1) is 0 Å². The summed E-state index contributed by atoms with van der Waals surface area (Å²) in [7, 11) is 0. The summed E-state index contributed by atoms with van der Waals surface area (Å²) in [5, 5.41) is 9.67. The Morgan fingerprint density at radius 3 is 2.88 bits per heavy atom. The van der Waals surface area contributed by atoms with Crippen molar-refractivity contribution in [3.05, 3.63) is 34.4 Å². The minimum absolute atomic E-state index is 0.0569. The van der Waals surface area contributed by atoms with Crippen LogP contribution in [0.25, 0.3) is 10.9 Å². The topological polar surface area (TPSA) is 92.0 Å². The molecule has 5 heteroatoms. The van der Waals surface area contributed by atoms with Gasteiger partial charge in [0, 0.05) is 0 Å². The van der Waals surface area contributed by atoms with E-state index in [1.165, 1.54) is 12.1 Å². The first-order chi connectivity index (χ1) is 7.58. The van der Waals surface area contributed by atoms with Gasteiger partial charge in [-0.05, 0) is 31.0 Å². The van der Waals surface area contributed by atoms with Crippen molar-refractivity contribution < 1.29 is 5.11 Å². The van der Waals surface area contributed by atoms with Crippen LogP contribution < -0.4 is 11.3 Å². The number of aromatic nitrogens is 2. The zero-order chi connectivity index (χ0) is 11.3.